The average Bonchev–Trinajstić information content (AvgIpc) is 2.80. The van der Waals surface area contributed by atoms with Crippen LogP contribution >= 0.6 is 0 Å². The van der Waals surface area contributed by atoms with Gasteiger partial charge in [-0.05, 0) is 29.7 Å². The van der Waals surface area contributed by atoms with Crippen molar-refractivity contribution >= 4 is 5.91 Å². The van der Waals surface area contributed by atoms with Crippen LogP contribution in [-0.4, -0.2) is 29.4 Å². The topological polar surface area (TPSA) is 42.4 Å². The first-order valence-electron chi connectivity index (χ1n) is 6.73. The zero-order valence-corrected chi connectivity index (χ0v) is 11.2. The number of carbonyl (C=O) groups is 1. The van der Waals surface area contributed by atoms with Gasteiger partial charge in [0.2, 0.25) is 5.88 Å². The van der Waals surface area contributed by atoms with E-state index < -0.39 is 0 Å². The van der Waals surface area contributed by atoms with Crippen molar-refractivity contribution in [2.24, 2.45) is 0 Å². The molecule has 0 radical (unpaired) electrons. The minimum atomic E-state index is -0.0499. The van der Waals surface area contributed by atoms with Crippen LogP contribution in [-0.2, 0) is 6.42 Å². The molecule has 0 spiro atoms. The standard InChI is InChI=1S/C16H14N2O2/c1-20-15-13-10(6-8-17-15)7-9-18-14(13)11-4-2-3-5-12(11)16(18)19/h2-6,8,14H,7,9H2,1H3. The van der Waals surface area contributed by atoms with E-state index in [1.807, 2.05) is 35.2 Å². The largest absolute Gasteiger partial charge is 0.481 e. The number of aromatic nitrogens is 1. The molecule has 1 atom stereocenters. The molecule has 1 unspecified atom stereocenters. The monoisotopic (exact) mass is 266 g/mol. The predicted octanol–water partition coefficient (Wildman–Crippen LogP) is 2.19. The van der Waals surface area contributed by atoms with Crippen molar-refractivity contribution in [3.05, 3.63) is 58.8 Å². The lowest BCUT2D eigenvalue weighted by Gasteiger charge is -2.32. The third kappa shape index (κ3) is 1.36. The molecular formula is C16H14N2O2. The molecule has 2 aliphatic heterocycles. The molecule has 100 valence electrons. The summed E-state index contributed by atoms with van der Waals surface area (Å²) in [4.78, 5) is 18.7. The van der Waals surface area contributed by atoms with Crippen LogP contribution < -0.4 is 4.74 Å². The van der Waals surface area contributed by atoms with E-state index in [1.165, 1.54) is 5.56 Å². The molecule has 1 aromatic carbocycles. The Balaban J connectivity index is 1.98. The molecule has 2 aromatic rings. The molecule has 1 aromatic heterocycles. The van der Waals surface area contributed by atoms with Crippen molar-refractivity contribution in [3.63, 3.8) is 0 Å². The molecule has 3 heterocycles. The first-order valence-corrected chi connectivity index (χ1v) is 6.73. The Morgan fingerprint density at radius 3 is 3.00 bits per heavy atom. The Kier molecular flexibility index (Phi) is 2.33. The number of methoxy groups -OCH3 is 1. The molecule has 4 nitrogen and oxygen atoms in total. The van der Waals surface area contributed by atoms with E-state index >= 15 is 0 Å². The number of nitrogens with zero attached hydrogens (tertiary/aromatic N) is 2. The first kappa shape index (κ1) is 11.5. The van der Waals surface area contributed by atoms with Gasteiger partial charge in [0.05, 0.1) is 13.2 Å². The first-order chi connectivity index (χ1) is 9.81. The van der Waals surface area contributed by atoms with Crippen LogP contribution in [0.15, 0.2) is 36.5 Å². The molecule has 0 bridgehead atoms. The zero-order chi connectivity index (χ0) is 13.7. The fourth-order valence-corrected chi connectivity index (χ4v) is 3.32. The molecule has 0 saturated heterocycles. The van der Waals surface area contributed by atoms with Gasteiger partial charge in [0, 0.05) is 23.9 Å². The quantitative estimate of drug-likeness (QED) is 0.794. The summed E-state index contributed by atoms with van der Waals surface area (Å²) >= 11 is 0. The minimum Gasteiger partial charge on any atom is -0.481 e. The maximum Gasteiger partial charge on any atom is 0.255 e. The summed E-state index contributed by atoms with van der Waals surface area (Å²) in [6.07, 6.45) is 2.63. The van der Waals surface area contributed by atoms with Gasteiger partial charge in [0.25, 0.3) is 5.91 Å². The fraction of sp³-hybridized carbons (Fsp3) is 0.250. The summed E-state index contributed by atoms with van der Waals surface area (Å²) < 4.78 is 5.42. The van der Waals surface area contributed by atoms with Gasteiger partial charge in [-0.2, -0.15) is 0 Å². The van der Waals surface area contributed by atoms with Crippen LogP contribution in [0.25, 0.3) is 0 Å². The number of rotatable bonds is 1. The summed E-state index contributed by atoms with van der Waals surface area (Å²) in [7, 11) is 1.63. The van der Waals surface area contributed by atoms with Crippen molar-refractivity contribution < 1.29 is 9.53 Å². The minimum absolute atomic E-state index is 0.0499. The van der Waals surface area contributed by atoms with Gasteiger partial charge in [0.1, 0.15) is 0 Å². The highest BCUT2D eigenvalue weighted by atomic mass is 16.5. The van der Waals surface area contributed by atoms with Gasteiger partial charge in [0.15, 0.2) is 0 Å². The van der Waals surface area contributed by atoms with E-state index in [4.69, 9.17) is 4.74 Å². The molecular weight excluding hydrogens is 252 g/mol. The van der Waals surface area contributed by atoms with Gasteiger partial charge in [-0.15, -0.1) is 0 Å². The summed E-state index contributed by atoms with van der Waals surface area (Å²) in [5.41, 5.74) is 4.13. The number of benzene rings is 1. The molecule has 2 aliphatic rings. The van der Waals surface area contributed by atoms with Crippen LogP contribution in [0, 0.1) is 0 Å². The van der Waals surface area contributed by atoms with Gasteiger partial charge in [-0.25, -0.2) is 4.98 Å². The second-order valence-corrected chi connectivity index (χ2v) is 5.13. The highest BCUT2D eigenvalue weighted by molar-refractivity contribution is 6.00. The number of amides is 1. The Morgan fingerprint density at radius 1 is 1.30 bits per heavy atom. The maximum absolute atomic E-state index is 12.5. The Hall–Kier alpha value is -2.36. The number of carbonyl (C=O) groups excluding carboxylic acids is 1. The van der Waals surface area contributed by atoms with Gasteiger partial charge in [-0.1, -0.05) is 18.2 Å². The molecule has 20 heavy (non-hydrogen) atoms. The van der Waals surface area contributed by atoms with Gasteiger partial charge >= 0.3 is 0 Å². The lowest BCUT2D eigenvalue weighted by Crippen LogP contribution is -2.35. The molecule has 0 fully saturated rings. The second kappa shape index (κ2) is 4.07. The number of hydrogen-bond acceptors (Lipinski definition) is 3. The van der Waals surface area contributed by atoms with Crippen LogP contribution in [0.5, 0.6) is 5.88 Å². The molecule has 0 N–H and O–H groups in total. The number of ether oxygens (including phenoxy) is 1. The van der Waals surface area contributed by atoms with Crippen molar-refractivity contribution in [2.45, 2.75) is 12.5 Å². The summed E-state index contributed by atoms with van der Waals surface area (Å²) in [5, 5.41) is 0. The van der Waals surface area contributed by atoms with Crippen molar-refractivity contribution in [1.82, 2.24) is 9.88 Å². The van der Waals surface area contributed by atoms with E-state index in [2.05, 4.69) is 4.98 Å². The number of pyridine rings is 1. The highest BCUT2D eigenvalue weighted by Gasteiger charge is 2.42. The Morgan fingerprint density at radius 2 is 2.15 bits per heavy atom. The van der Waals surface area contributed by atoms with Crippen LogP contribution in [0.2, 0.25) is 0 Å². The number of hydrogen-bond donors (Lipinski definition) is 0. The average molecular weight is 266 g/mol. The Bertz CT molecular complexity index is 697. The molecule has 4 rings (SSSR count). The van der Waals surface area contributed by atoms with E-state index in [0.29, 0.717) is 5.88 Å². The van der Waals surface area contributed by atoms with Crippen molar-refractivity contribution in [2.75, 3.05) is 13.7 Å². The number of fused-ring (bicyclic) bond motifs is 5. The predicted molar refractivity (Wildman–Crippen MR) is 73.8 cm³/mol. The molecule has 1 amide bonds. The fourth-order valence-electron chi connectivity index (χ4n) is 3.32. The van der Waals surface area contributed by atoms with Crippen LogP contribution in [0.4, 0.5) is 0 Å². The summed E-state index contributed by atoms with van der Waals surface area (Å²) in [6, 6.07) is 9.80. The van der Waals surface area contributed by atoms with E-state index in [1.54, 1.807) is 13.3 Å². The summed E-state index contributed by atoms with van der Waals surface area (Å²) in [5.74, 6) is 0.740. The SMILES string of the molecule is COc1nccc2c1C1c3ccccc3C(=O)N1CC2. The smallest absolute Gasteiger partial charge is 0.255 e. The lowest BCUT2D eigenvalue weighted by atomic mass is 9.91. The molecule has 0 aliphatic carbocycles. The lowest BCUT2D eigenvalue weighted by molar-refractivity contribution is 0.0738. The van der Waals surface area contributed by atoms with E-state index in [9.17, 15) is 4.79 Å². The maximum atomic E-state index is 12.5. The molecule has 4 heteroatoms. The third-order valence-electron chi connectivity index (χ3n) is 4.19. The Labute approximate surface area is 117 Å². The van der Waals surface area contributed by atoms with Crippen molar-refractivity contribution in [1.29, 1.82) is 0 Å². The highest BCUT2D eigenvalue weighted by Crippen LogP contribution is 2.45. The van der Waals surface area contributed by atoms with Crippen LogP contribution in [0.3, 0.4) is 0 Å². The third-order valence-corrected chi connectivity index (χ3v) is 4.19. The normalized spacial score (nSPS) is 19.4. The molecule has 0 saturated carbocycles. The van der Waals surface area contributed by atoms with E-state index in [0.717, 1.165) is 29.7 Å². The summed E-state index contributed by atoms with van der Waals surface area (Å²) in [6.45, 7) is 0.748. The van der Waals surface area contributed by atoms with E-state index in [-0.39, 0.29) is 11.9 Å². The zero-order valence-electron chi connectivity index (χ0n) is 11.2. The van der Waals surface area contributed by atoms with Gasteiger partial charge in [-0.3, -0.25) is 4.79 Å². The van der Waals surface area contributed by atoms with Crippen LogP contribution in [0.1, 0.15) is 33.1 Å². The van der Waals surface area contributed by atoms with Gasteiger partial charge < -0.3 is 9.64 Å². The second-order valence-electron chi connectivity index (χ2n) is 5.13. The van der Waals surface area contributed by atoms with Crippen molar-refractivity contribution in [3.8, 4) is 5.88 Å².